The molecule has 0 bridgehead atoms. The molecule has 0 unspecified atom stereocenters. The SMILES string of the molecule is N=c1c2c(ncn1Cc1ccco1)Oc1cc(O)ccc1[C@@H]2c1ccccc1. The number of furan rings is 1. The van der Waals surface area contributed by atoms with Crippen molar-refractivity contribution < 1.29 is 14.3 Å². The van der Waals surface area contributed by atoms with Crippen LogP contribution < -0.4 is 10.2 Å². The van der Waals surface area contributed by atoms with Crippen LogP contribution >= 0.6 is 0 Å². The van der Waals surface area contributed by atoms with E-state index in [-0.39, 0.29) is 11.7 Å². The smallest absolute Gasteiger partial charge is 0.228 e. The van der Waals surface area contributed by atoms with Gasteiger partial charge < -0.3 is 18.8 Å². The van der Waals surface area contributed by atoms with Crippen molar-refractivity contribution >= 4 is 0 Å². The van der Waals surface area contributed by atoms with Crippen molar-refractivity contribution in [2.75, 3.05) is 0 Å². The van der Waals surface area contributed by atoms with E-state index in [1.165, 1.54) is 0 Å². The molecule has 138 valence electrons. The van der Waals surface area contributed by atoms with Crippen LogP contribution in [0.4, 0.5) is 0 Å². The lowest BCUT2D eigenvalue weighted by molar-refractivity contribution is 0.411. The average Bonchev–Trinajstić information content (AvgIpc) is 3.22. The number of ether oxygens (including phenoxy) is 1. The number of benzene rings is 2. The topological polar surface area (TPSA) is 84.3 Å². The summed E-state index contributed by atoms with van der Waals surface area (Å²) in [7, 11) is 0. The van der Waals surface area contributed by atoms with Crippen molar-refractivity contribution in [1.82, 2.24) is 9.55 Å². The summed E-state index contributed by atoms with van der Waals surface area (Å²) >= 11 is 0. The van der Waals surface area contributed by atoms with Crippen LogP contribution in [0, 0.1) is 5.41 Å². The highest BCUT2D eigenvalue weighted by atomic mass is 16.5. The van der Waals surface area contributed by atoms with Crippen LogP contribution in [0.3, 0.4) is 0 Å². The Kier molecular flexibility index (Phi) is 3.76. The third kappa shape index (κ3) is 2.66. The number of aromatic hydroxyl groups is 1. The Morgan fingerprint density at radius 3 is 2.71 bits per heavy atom. The normalized spacial score (nSPS) is 14.8. The van der Waals surface area contributed by atoms with Gasteiger partial charge in [0.25, 0.3) is 0 Å². The highest BCUT2D eigenvalue weighted by molar-refractivity contribution is 5.57. The van der Waals surface area contributed by atoms with Crippen LogP contribution in [0.1, 0.15) is 28.4 Å². The lowest BCUT2D eigenvalue weighted by atomic mass is 9.84. The number of hydrogen-bond acceptors (Lipinski definition) is 5. The first-order valence-corrected chi connectivity index (χ1v) is 8.93. The summed E-state index contributed by atoms with van der Waals surface area (Å²) in [6.45, 7) is 0.413. The van der Waals surface area contributed by atoms with E-state index in [2.05, 4.69) is 4.98 Å². The molecule has 0 radical (unpaired) electrons. The molecule has 0 aliphatic carbocycles. The number of phenols is 1. The van der Waals surface area contributed by atoms with Crippen LogP contribution in [0.5, 0.6) is 17.4 Å². The van der Waals surface area contributed by atoms with Crippen LogP contribution in [0.25, 0.3) is 0 Å². The first kappa shape index (κ1) is 16.4. The molecule has 0 saturated carbocycles. The quantitative estimate of drug-likeness (QED) is 0.502. The Labute approximate surface area is 160 Å². The maximum absolute atomic E-state index is 9.88. The van der Waals surface area contributed by atoms with Crippen LogP contribution in [0.15, 0.2) is 77.7 Å². The minimum Gasteiger partial charge on any atom is -0.508 e. The molecule has 2 N–H and O–H groups in total. The Balaban J connectivity index is 1.71. The molecule has 4 aromatic rings. The van der Waals surface area contributed by atoms with E-state index in [9.17, 15) is 5.11 Å². The third-order valence-corrected chi connectivity index (χ3v) is 4.93. The predicted octanol–water partition coefficient (Wildman–Crippen LogP) is 4.00. The molecule has 0 fully saturated rings. The number of nitrogens with one attached hydrogen (secondary N) is 1. The van der Waals surface area contributed by atoms with Crippen LogP contribution in [0.2, 0.25) is 0 Å². The zero-order valence-corrected chi connectivity index (χ0v) is 14.9. The highest BCUT2D eigenvalue weighted by Gasteiger charge is 2.32. The van der Waals surface area contributed by atoms with Crippen LogP contribution in [-0.2, 0) is 6.54 Å². The molecule has 0 amide bonds. The lowest BCUT2D eigenvalue weighted by Gasteiger charge is -2.28. The van der Waals surface area contributed by atoms with Gasteiger partial charge in [-0.2, -0.15) is 0 Å². The molecule has 1 atom stereocenters. The Bertz CT molecular complexity index is 1200. The van der Waals surface area contributed by atoms with Crippen molar-refractivity contribution in [3.05, 3.63) is 101 Å². The van der Waals surface area contributed by atoms with Crippen molar-refractivity contribution in [1.29, 1.82) is 5.41 Å². The Morgan fingerprint density at radius 2 is 1.93 bits per heavy atom. The van der Waals surface area contributed by atoms with Gasteiger partial charge in [-0.05, 0) is 23.8 Å². The van der Waals surface area contributed by atoms with E-state index in [1.54, 1.807) is 29.3 Å². The molecule has 6 nitrogen and oxygen atoms in total. The first-order chi connectivity index (χ1) is 13.7. The van der Waals surface area contributed by atoms with Crippen molar-refractivity contribution in [3.8, 4) is 17.4 Å². The van der Waals surface area contributed by atoms with Crippen molar-refractivity contribution in [3.63, 3.8) is 0 Å². The predicted molar refractivity (Wildman–Crippen MR) is 101 cm³/mol. The molecule has 3 heterocycles. The zero-order valence-electron chi connectivity index (χ0n) is 14.9. The molecule has 5 rings (SSSR count). The van der Waals surface area contributed by atoms with E-state index in [1.807, 2.05) is 48.5 Å². The molecule has 2 aromatic heterocycles. The van der Waals surface area contributed by atoms with E-state index in [0.29, 0.717) is 29.2 Å². The van der Waals surface area contributed by atoms with Gasteiger partial charge in [0.1, 0.15) is 29.1 Å². The number of rotatable bonds is 3. The van der Waals surface area contributed by atoms with Gasteiger partial charge in [-0.1, -0.05) is 36.4 Å². The fourth-order valence-electron chi connectivity index (χ4n) is 3.64. The van der Waals surface area contributed by atoms with E-state index in [0.717, 1.165) is 16.9 Å². The number of nitrogens with zero attached hydrogens (tertiary/aromatic N) is 2. The minimum atomic E-state index is -0.218. The fraction of sp³-hybridized carbons (Fsp3) is 0.0909. The number of fused-ring (bicyclic) bond motifs is 2. The fourth-order valence-corrected chi connectivity index (χ4v) is 3.64. The van der Waals surface area contributed by atoms with Gasteiger partial charge in [0.2, 0.25) is 5.88 Å². The maximum atomic E-state index is 9.88. The summed E-state index contributed by atoms with van der Waals surface area (Å²) in [5.74, 6) is 1.59. The maximum Gasteiger partial charge on any atom is 0.228 e. The van der Waals surface area contributed by atoms with Gasteiger partial charge in [0, 0.05) is 17.5 Å². The molecular weight excluding hydrogens is 354 g/mol. The Morgan fingerprint density at radius 1 is 1.07 bits per heavy atom. The van der Waals surface area contributed by atoms with Gasteiger partial charge in [0.15, 0.2) is 0 Å². The first-order valence-electron chi connectivity index (χ1n) is 8.93. The van der Waals surface area contributed by atoms with Gasteiger partial charge >= 0.3 is 0 Å². The Hall–Kier alpha value is -3.80. The van der Waals surface area contributed by atoms with Gasteiger partial charge in [-0.3, -0.25) is 5.41 Å². The summed E-state index contributed by atoms with van der Waals surface area (Å²) in [5, 5.41) is 18.7. The second kappa shape index (κ2) is 6.42. The highest BCUT2D eigenvalue weighted by Crippen LogP contribution is 2.45. The molecule has 0 saturated heterocycles. The van der Waals surface area contributed by atoms with Gasteiger partial charge in [-0.25, -0.2) is 4.98 Å². The second-order valence-electron chi connectivity index (χ2n) is 6.69. The van der Waals surface area contributed by atoms with E-state index < -0.39 is 0 Å². The molecule has 0 spiro atoms. The summed E-state index contributed by atoms with van der Waals surface area (Å²) in [4.78, 5) is 4.46. The summed E-state index contributed by atoms with van der Waals surface area (Å²) in [6, 6.07) is 18.7. The summed E-state index contributed by atoms with van der Waals surface area (Å²) in [5.41, 5.74) is 2.93. The van der Waals surface area contributed by atoms with E-state index in [4.69, 9.17) is 14.6 Å². The average molecular weight is 371 g/mol. The summed E-state index contributed by atoms with van der Waals surface area (Å²) in [6.07, 6.45) is 3.20. The monoisotopic (exact) mass is 371 g/mol. The van der Waals surface area contributed by atoms with Gasteiger partial charge in [0.05, 0.1) is 18.4 Å². The second-order valence-corrected chi connectivity index (χ2v) is 6.69. The molecular formula is C22H17N3O3. The zero-order chi connectivity index (χ0) is 19.1. The van der Waals surface area contributed by atoms with Crippen LogP contribution in [-0.4, -0.2) is 14.7 Å². The number of phenolic OH excluding ortho intramolecular Hbond substituents is 1. The molecule has 2 aromatic carbocycles. The molecule has 1 aliphatic heterocycles. The van der Waals surface area contributed by atoms with Crippen molar-refractivity contribution in [2.45, 2.75) is 12.5 Å². The molecule has 28 heavy (non-hydrogen) atoms. The summed E-state index contributed by atoms with van der Waals surface area (Å²) < 4.78 is 13.1. The number of aromatic nitrogens is 2. The lowest BCUT2D eigenvalue weighted by Crippen LogP contribution is -2.30. The molecule has 1 aliphatic rings. The largest absolute Gasteiger partial charge is 0.508 e. The third-order valence-electron chi connectivity index (χ3n) is 4.93. The molecule has 6 heteroatoms. The number of hydrogen-bond donors (Lipinski definition) is 2. The van der Waals surface area contributed by atoms with Crippen molar-refractivity contribution in [2.24, 2.45) is 0 Å². The van der Waals surface area contributed by atoms with Gasteiger partial charge in [-0.15, -0.1) is 0 Å². The minimum absolute atomic E-state index is 0.129. The van der Waals surface area contributed by atoms with E-state index >= 15 is 0 Å². The standard InChI is InChI=1S/C22H17N3O3/c23-21-20-19(14-5-2-1-3-6-14)17-9-8-15(26)11-18(17)28-22(20)24-13-25(21)12-16-7-4-10-27-16/h1-11,13,19,23,26H,12H2/t19-/m0/s1.